The Morgan fingerprint density at radius 3 is 2.73 bits per heavy atom. The van der Waals surface area contributed by atoms with Gasteiger partial charge in [0.2, 0.25) is 0 Å². The molecule has 0 aliphatic heterocycles. The second-order valence-corrected chi connectivity index (χ2v) is 3.80. The van der Waals surface area contributed by atoms with Gasteiger partial charge in [0, 0.05) is 6.04 Å². The van der Waals surface area contributed by atoms with Gasteiger partial charge in [0.05, 0.1) is 12.0 Å². The van der Waals surface area contributed by atoms with Crippen LogP contribution in [0, 0.1) is 6.92 Å². The summed E-state index contributed by atoms with van der Waals surface area (Å²) in [5.74, 6) is 0.447. The maximum absolute atomic E-state index is 9.03. The average molecular weight is 206 g/mol. The predicted octanol–water partition coefficient (Wildman–Crippen LogP) is 1.21. The molecule has 2 aromatic heterocycles. The number of hydrogen-bond donors (Lipinski definition) is 1. The molecule has 0 unspecified atom stereocenters. The Labute approximate surface area is 87.8 Å². The van der Waals surface area contributed by atoms with Crippen LogP contribution in [0.25, 0.3) is 11.2 Å². The molecular weight excluding hydrogens is 192 g/mol. The first-order valence-electron chi connectivity index (χ1n) is 4.94. The molecule has 0 bridgehead atoms. The number of aliphatic hydroxyl groups excluding tert-OH is 1. The first-order chi connectivity index (χ1) is 7.13. The summed E-state index contributed by atoms with van der Waals surface area (Å²) in [6.45, 7) is 5.87. The lowest BCUT2D eigenvalue weighted by atomic mass is 10.3. The van der Waals surface area contributed by atoms with Gasteiger partial charge in [0.1, 0.15) is 12.1 Å². The number of aromatic nitrogens is 4. The van der Waals surface area contributed by atoms with E-state index in [1.807, 2.05) is 11.5 Å². The largest absolute Gasteiger partial charge is 0.388 e. The highest BCUT2D eigenvalue weighted by atomic mass is 16.3. The molecule has 0 atom stereocenters. The molecule has 0 saturated carbocycles. The van der Waals surface area contributed by atoms with Crippen LogP contribution < -0.4 is 0 Å². The molecule has 0 aliphatic rings. The maximum atomic E-state index is 9.03. The lowest BCUT2D eigenvalue weighted by Crippen LogP contribution is -2.03. The normalized spacial score (nSPS) is 11.5. The van der Waals surface area contributed by atoms with E-state index in [1.165, 1.54) is 0 Å². The van der Waals surface area contributed by atoms with Crippen LogP contribution in [0.4, 0.5) is 0 Å². The van der Waals surface area contributed by atoms with E-state index in [-0.39, 0.29) is 6.61 Å². The van der Waals surface area contributed by atoms with Crippen LogP contribution in [0.5, 0.6) is 0 Å². The van der Waals surface area contributed by atoms with Crippen molar-refractivity contribution in [2.24, 2.45) is 0 Å². The van der Waals surface area contributed by atoms with Gasteiger partial charge in [-0.1, -0.05) is 0 Å². The summed E-state index contributed by atoms with van der Waals surface area (Å²) in [6.07, 6.45) is 1.76. The summed E-state index contributed by atoms with van der Waals surface area (Å²) >= 11 is 0. The van der Waals surface area contributed by atoms with E-state index in [0.717, 1.165) is 16.9 Å². The fraction of sp³-hybridized carbons (Fsp3) is 0.500. The van der Waals surface area contributed by atoms with Crippen molar-refractivity contribution in [1.29, 1.82) is 0 Å². The maximum Gasteiger partial charge on any atom is 0.164 e. The summed E-state index contributed by atoms with van der Waals surface area (Å²) in [7, 11) is 0. The highest BCUT2D eigenvalue weighted by Gasteiger charge is 2.11. The van der Waals surface area contributed by atoms with Crippen molar-refractivity contribution in [1.82, 2.24) is 19.5 Å². The molecule has 5 heteroatoms. The number of nitrogens with zero attached hydrogens (tertiary/aromatic N) is 4. The van der Waals surface area contributed by atoms with E-state index in [0.29, 0.717) is 11.9 Å². The molecule has 0 amide bonds. The standard InChI is InChI=1S/C10H14N4O/c1-6(2)14-5-11-9-7(3)12-8(4-15)13-10(9)14/h5-6,15H,4H2,1-3H3. The van der Waals surface area contributed by atoms with Gasteiger partial charge >= 0.3 is 0 Å². The van der Waals surface area contributed by atoms with Gasteiger partial charge in [0.15, 0.2) is 11.5 Å². The summed E-state index contributed by atoms with van der Waals surface area (Å²) in [5.41, 5.74) is 2.41. The smallest absolute Gasteiger partial charge is 0.164 e. The molecule has 80 valence electrons. The molecule has 0 saturated heterocycles. The number of fused-ring (bicyclic) bond motifs is 1. The summed E-state index contributed by atoms with van der Waals surface area (Å²) in [4.78, 5) is 12.7. The minimum atomic E-state index is -0.139. The van der Waals surface area contributed by atoms with Gasteiger partial charge in [-0.05, 0) is 20.8 Å². The van der Waals surface area contributed by atoms with Crippen LogP contribution in [0.3, 0.4) is 0 Å². The van der Waals surface area contributed by atoms with Crippen LogP contribution in [0.2, 0.25) is 0 Å². The van der Waals surface area contributed by atoms with E-state index in [2.05, 4.69) is 28.8 Å². The van der Waals surface area contributed by atoms with Gasteiger partial charge in [-0.25, -0.2) is 15.0 Å². The van der Waals surface area contributed by atoms with Crippen molar-refractivity contribution in [2.75, 3.05) is 0 Å². The van der Waals surface area contributed by atoms with Crippen molar-refractivity contribution in [2.45, 2.75) is 33.4 Å². The second-order valence-electron chi connectivity index (χ2n) is 3.80. The number of aryl methyl sites for hydroxylation is 1. The SMILES string of the molecule is Cc1nc(CO)nc2c1ncn2C(C)C. The summed E-state index contributed by atoms with van der Waals surface area (Å²) in [6, 6.07) is 0.302. The second kappa shape index (κ2) is 3.58. The number of imidazole rings is 1. The van der Waals surface area contributed by atoms with E-state index in [9.17, 15) is 0 Å². The zero-order valence-corrected chi connectivity index (χ0v) is 9.10. The summed E-state index contributed by atoms with van der Waals surface area (Å²) in [5, 5.41) is 9.03. The molecular formula is C10H14N4O. The van der Waals surface area contributed by atoms with Crippen LogP contribution in [-0.4, -0.2) is 24.6 Å². The topological polar surface area (TPSA) is 63.8 Å². The quantitative estimate of drug-likeness (QED) is 0.802. The van der Waals surface area contributed by atoms with Gasteiger partial charge in [-0.2, -0.15) is 0 Å². The third kappa shape index (κ3) is 1.59. The van der Waals surface area contributed by atoms with Crippen LogP contribution in [0.1, 0.15) is 31.4 Å². The molecule has 5 nitrogen and oxygen atoms in total. The zero-order valence-electron chi connectivity index (χ0n) is 9.10. The van der Waals surface area contributed by atoms with E-state index in [4.69, 9.17) is 5.11 Å². The molecule has 0 fully saturated rings. The van der Waals surface area contributed by atoms with Crippen molar-refractivity contribution in [3.05, 3.63) is 17.8 Å². The van der Waals surface area contributed by atoms with Crippen molar-refractivity contribution < 1.29 is 5.11 Å². The third-order valence-corrected chi connectivity index (χ3v) is 2.34. The van der Waals surface area contributed by atoms with Crippen LogP contribution in [-0.2, 0) is 6.61 Å². The Hall–Kier alpha value is -1.49. The van der Waals surface area contributed by atoms with Crippen molar-refractivity contribution in [3.8, 4) is 0 Å². The fourth-order valence-corrected chi connectivity index (χ4v) is 1.56. The van der Waals surface area contributed by atoms with Crippen molar-refractivity contribution >= 4 is 11.2 Å². The Morgan fingerprint density at radius 2 is 2.13 bits per heavy atom. The van der Waals surface area contributed by atoms with Crippen molar-refractivity contribution in [3.63, 3.8) is 0 Å². The average Bonchev–Trinajstić information content (AvgIpc) is 2.61. The molecule has 0 spiro atoms. The van der Waals surface area contributed by atoms with Crippen LogP contribution in [0.15, 0.2) is 6.33 Å². The Morgan fingerprint density at radius 1 is 1.40 bits per heavy atom. The highest BCUT2D eigenvalue weighted by Crippen LogP contribution is 2.17. The fourth-order valence-electron chi connectivity index (χ4n) is 1.56. The molecule has 0 aromatic carbocycles. The molecule has 2 heterocycles. The molecule has 15 heavy (non-hydrogen) atoms. The lowest BCUT2D eigenvalue weighted by molar-refractivity contribution is 0.271. The van der Waals surface area contributed by atoms with E-state index < -0.39 is 0 Å². The zero-order chi connectivity index (χ0) is 11.0. The molecule has 1 N–H and O–H groups in total. The number of aliphatic hydroxyl groups is 1. The van der Waals surface area contributed by atoms with Gasteiger partial charge in [-0.15, -0.1) is 0 Å². The Balaban J connectivity index is 2.72. The number of hydrogen-bond acceptors (Lipinski definition) is 4. The predicted molar refractivity (Wildman–Crippen MR) is 56.4 cm³/mol. The van der Waals surface area contributed by atoms with Gasteiger partial charge < -0.3 is 9.67 Å². The Bertz CT molecular complexity index is 489. The molecule has 0 aliphatic carbocycles. The van der Waals surface area contributed by atoms with E-state index >= 15 is 0 Å². The highest BCUT2D eigenvalue weighted by molar-refractivity contribution is 5.73. The molecule has 0 radical (unpaired) electrons. The first kappa shape index (κ1) is 10.0. The van der Waals surface area contributed by atoms with E-state index in [1.54, 1.807) is 6.33 Å². The third-order valence-electron chi connectivity index (χ3n) is 2.34. The van der Waals surface area contributed by atoms with Crippen LogP contribution >= 0.6 is 0 Å². The van der Waals surface area contributed by atoms with Gasteiger partial charge in [0.25, 0.3) is 0 Å². The van der Waals surface area contributed by atoms with Gasteiger partial charge in [-0.3, -0.25) is 0 Å². The summed E-state index contributed by atoms with van der Waals surface area (Å²) < 4.78 is 1.98. The minimum Gasteiger partial charge on any atom is -0.388 e. The minimum absolute atomic E-state index is 0.139. The first-order valence-corrected chi connectivity index (χ1v) is 4.94. The molecule has 2 rings (SSSR count). The lowest BCUT2D eigenvalue weighted by Gasteiger charge is -2.07. The monoisotopic (exact) mass is 206 g/mol. The number of rotatable bonds is 2. The Kier molecular flexibility index (Phi) is 2.40. The molecule has 2 aromatic rings.